The highest BCUT2D eigenvalue weighted by molar-refractivity contribution is 6.13. The highest BCUT2D eigenvalue weighted by Gasteiger charge is 2.32. The summed E-state index contributed by atoms with van der Waals surface area (Å²) in [6.07, 6.45) is 0.0102. The van der Waals surface area contributed by atoms with Crippen molar-refractivity contribution in [3.63, 3.8) is 0 Å². The molecule has 0 fully saturated rings. The van der Waals surface area contributed by atoms with Crippen LogP contribution in [0.2, 0.25) is 0 Å². The van der Waals surface area contributed by atoms with Gasteiger partial charge in [0.1, 0.15) is 36.3 Å². The number of benzene rings is 4. The molecule has 4 aromatic carbocycles. The zero-order chi connectivity index (χ0) is 44.3. The number of halogens is 2. The fourth-order valence-corrected chi connectivity index (χ4v) is 7.55. The third-order valence-corrected chi connectivity index (χ3v) is 10.8. The van der Waals surface area contributed by atoms with E-state index in [1.165, 1.54) is 17.9 Å². The Bertz CT molecular complexity index is 2660. The summed E-state index contributed by atoms with van der Waals surface area (Å²) in [5.41, 5.74) is 4.88. The van der Waals surface area contributed by atoms with Gasteiger partial charge < -0.3 is 23.7 Å². The van der Waals surface area contributed by atoms with Crippen LogP contribution in [0, 0.1) is 25.2 Å². The minimum Gasteiger partial charge on any atom is -0.489 e. The first-order valence-corrected chi connectivity index (χ1v) is 20.2. The van der Waals surface area contributed by atoms with Crippen LogP contribution in [0.4, 0.5) is 25.0 Å². The molecule has 1 aliphatic heterocycles. The first-order chi connectivity index (χ1) is 29.6. The molecule has 2 aromatic heterocycles. The molecule has 7 rings (SSSR count). The van der Waals surface area contributed by atoms with E-state index in [1.807, 2.05) is 72.8 Å². The number of fused-ring (bicyclic) bond motifs is 1. The Morgan fingerprint density at radius 2 is 1.47 bits per heavy atom. The molecule has 0 bridgehead atoms. The van der Waals surface area contributed by atoms with Gasteiger partial charge in [0.25, 0.3) is 5.91 Å². The Morgan fingerprint density at radius 1 is 0.823 bits per heavy atom. The third kappa shape index (κ3) is 9.10. The van der Waals surface area contributed by atoms with Crippen molar-refractivity contribution < 1.29 is 37.4 Å². The Labute approximate surface area is 359 Å². The Hall–Kier alpha value is -7.20. The average Bonchev–Trinajstić information content (AvgIpc) is 3.75. The monoisotopic (exact) mass is 839 g/mol. The van der Waals surface area contributed by atoms with E-state index in [9.17, 15) is 23.6 Å². The highest BCUT2D eigenvalue weighted by atomic mass is 19.3. The van der Waals surface area contributed by atoms with E-state index >= 15 is 4.79 Å². The van der Waals surface area contributed by atoms with E-state index < -0.39 is 30.1 Å². The van der Waals surface area contributed by atoms with Gasteiger partial charge in [-0.05, 0) is 112 Å². The molecule has 1 aliphatic rings. The van der Waals surface area contributed by atoms with Gasteiger partial charge in [-0.1, -0.05) is 60.7 Å². The lowest BCUT2D eigenvalue weighted by Gasteiger charge is -2.29. The number of alkyl halides is 2. The maximum Gasteiger partial charge on any atom is 0.410 e. The van der Waals surface area contributed by atoms with Crippen LogP contribution in [0.3, 0.4) is 0 Å². The molecule has 0 atom stereocenters. The van der Waals surface area contributed by atoms with Crippen LogP contribution in [-0.2, 0) is 42.7 Å². The van der Waals surface area contributed by atoms with Crippen molar-refractivity contribution in [1.29, 1.82) is 5.26 Å². The van der Waals surface area contributed by atoms with Crippen LogP contribution in [0.5, 0.6) is 5.75 Å². The number of hydrogen-bond acceptors (Lipinski definition) is 7. The fraction of sp³-hybridized carbons (Fsp3) is 0.265. The lowest BCUT2D eigenvalue weighted by atomic mass is 9.92. The van der Waals surface area contributed by atoms with Crippen molar-refractivity contribution in [2.75, 3.05) is 11.4 Å². The molecule has 2 amide bonds. The van der Waals surface area contributed by atoms with Gasteiger partial charge in [0.15, 0.2) is 0 Å². The van der Waals surface area contributed by atoms with Crippen LogP contribution in [0.15, 0.2) is 109 Å². The van der Waals surface area contributed by atoms with Crippen molar-refractivity contribution in [1.82, 2.24) is 14.0 Å². The van der Waals surface area contributed by atoms with Crippen molar-refractivity contribution in [3.8, 4) is 23.1 Å². The molecule has 11 nitrogen and oxygen atoms in total. The molecule has 0 saturated heterocycles. The predicted octanol–water partition coefficient (Wildman–Crippen LogP) is 10.6. The molecule has 13 heteroatoms. The van der Waals surface area contributed by atoms with Crippen molar-refractivity contribution in [2.24, 2.45) is 7.05 Å². The maximum absolute atomic E-state index is 15.0. The first kappa shape index (κ1) is 42.9. The summed E-state index contributed by atoms with van der Waals surface area (Å²) in [5.74, 6) is -0.616. The standard InChI is InChI=1S/C49H47F2N5O6/c1-31-40(45(57)56(43-25-38(27-52)55(32(43)2)47(50)51)37-17-19-39(20-18-37)60-29-33-13-9-7-10-14-33)26-44(53(31)6)41-23-35-21-22-54(48(59)61-30-34-15-11-8-12-16-34)28-36(35)24-42(41)46(58)62-49(3,4)5/h7-20,23-26,47H,21-22,28-30H2,1-6H3. The highest BCUT2D eigenvalue weighted by Crippen LogP contribution is 2.39. The number of anilines is 2. The van der Waals surface area contributed by atoms with E-state index in [1.54, 1.807) is 80.6 Å². The summed E-state index contributed by atoms with van der Waals surface area (Å²) in [6.45, 7) is 6.52. The van der Waals surface area contributed by atoms with Crippen molar-refractivity contribution in [2.45, 2.75) is 72.9 Å². The summed E-state index contributed by atoms with van der Waals surface area (Å²) < 4.78 is 48.7. The second kappa shape index (κ2) is 17.8. The quantitative estimate of drug-likeness (QED) is 0.119. The second-order valence-corrected chi connectivity index (χ2v) is 16.1. The van der Waals surface area contributed by atoms with Gasteiger partial charge in [0.05, 0.1) is 16.8 Å². The summed E-state index contributed by atoms with van der Waals surface area (Å²) in [4.78, 5) is 45.2. The van der Waals surface area contributed by atoms with Gasteiger partial charge in [0, 0.05) is 48.5 Å². The van der Waals surface area contributed by atoms with Crippen LogP contribution in [0.25, 0.3) is 11.3 Å². The Kier molecular flexibility index (Phi) is 12.3. The van der Waals surface area contributed by atoms with Crippen LogP contribution < -0.4 is 9.64 Å². The number of nitriles is 1. The summed E-state index contributed by atoms with van der Waals surface area (Å²) in [6, 6.07) is 34.2. The zero-order valence-electron chi connectivity index (χ0n) is 35.4. The summed E-state index contributed by atoms with van der Waals surface area (Å²) in [5, 5.41) is 9.86. The van der Waals surface area contributed by atoms with Crippen molar-refractivity contribution >= 4 is 29.3 Å². The van der Waals surface area contributed by atoms with Crippen LogP contribution >= 0.6 is 0 Å². The maximum atomic E-state index is 15.0. The largest absolute Gasteiger partial charge is 0.489 e. The number of carbonyl (C=O) groups excluding carboxylic acids is 3. The Balaban J connectivity index is 1.26. The van der Waals surface area contributed by atoms with Gasteiger partial charge in [-0.25, -0.2) is 9.59 Å². The first-order valence-electron chi connectivity index (χ1n) is 20.2. The molecule has 3 heterocycles. The molecule has 0 N–H and O–H groups in total. The number of amides is 2. The van der Waals surface area contributed by atoms with Gasteiger partial charge in [-0.15, -0.1) is 0 Å². The van der Waals surface area contributed by atoms with Crippen LogP contribution in [-0.4, -0.2) is 44.1 Å². The molecule has 0 unspecified atom stereocenters. The molecule has 0 radical (unpaired) electrons. The molecule has 0 spiro atoms. The van der Waals surface area contributed by atoms with E-state index in [0.717, 1.165) is 22.3 Å². The molecule has 0 aliphatic carbocycles. The Morgan fingerprint density at radius 3 is 2.06 bits per heavy atom. The van der Waals surface area contributed by atoms with Gasteiger partial charge in [0.2, 0.25) is 0 Å². The average molecular weight is 840 g/mol. The molecule has 318 valence electrons. The van der Waals surface area contributed by atoms with Gasteiger partial charge in [-0.2, -0.15) is 14.0 Å². The number of rotatable bonds is 11. The topological polar surface area (TPSA) is 119 Å². The summed E-state index contributed by atoms with van der Waals surface area (Å²) in [7, 11) is 1.78. The smallest absolute Gasteiger partial charge is 0.410 e. The molecule has 62 heavy (non-hydrogen) atoms. The van der Waals surface area contributed by atoms with Crippen LogP contribution in [0.1, 0.15) is 87.4 Å². The lowest BCUT2D eigenvalue weighted by Crippen LogP contribution is -2.36. The second-order valence-electron chi connectivity index (χ2n) is 16.1. The number of hydrogen-bond donors (Lipinski definition) is 0. The molecular formula is C49H47F2N5O6. The van der Waals surface area contributed by atoms with Gasteiger partial charge >= 0.3 is 18.6 Å². The minimum atomic E-state index is -3.03. The molecule has 6 aromatic rings. The van der Waals surface area contributed by atoms with Gasteiger partial charge in [-0.3, -0.25) is 14.3 Å². The van der Waals surface area contributed by atoms with E-state index in [2.05, 4.69) is 0 Å². The molecular weight excluding hydrogens is 793 g/mol. The summed E-state index contributed by atoms with van der Waals surface area (Å²) >= 11 is 0. The number of ether oxygens (including phenoxy) is 3. The number of carbonyl (C=O) groups is 3. The van der Waals surface area contributed by atoms with E-state index in [0.29, 0.717) is 52.5 Å². The zero-order valence-corrected chi connectivity index (χ0v) is 35.4. The lowest BCUT2D eigenvalue weighted by molar-refractivity contribution is 0.00699. The normalized spacial score (nSPS) is 12.4. The number of aromatic nitrogens is 2. The predicted molar refractivity (Wildman–Crippen MR) is 230 cm³/mol. The number of nitrogens with zero attached hydrogens (tertiary/aromatic N) is 5. The molecule has 0 saturated carbocycles. The SMILES string of the molecule is Cc1c(C(=O)N(c2ccc(OCc3ccccc3)cc2)c2cc(C#N)n(C(F)F)c2C)cc(-c2cc3c(cc2C(=O)OC(C)(C)C)CN(C(=O)OCc2ccccc2)CC3)n1C. The fourth-order valence-electron chi connectivity index (χ4n) is 7.55. The van der Waals surface area contributed by atoms with E-state index in [-0.39, 0.29) is 41.4 Å². The number of esters is 1. The van der Waals surface area contributed by atoms with Crippen molar-refractivity contribution in [3.05, 3.63) is 160 Å². The third-order valence-electron chi connectivity index (χ3n) is 10.8. The minimum absolute atomic E-state index is 0.0167. The van der Waals surface area contributed by atoms with E-state index in [4.69, 9.17) is 14.2 Å².